The molecule has 8 heteroatoms. The summed E-state index contributed by atoms with van der Waals surface area (Å²) in [4.78, 5) is 25.1. The van der Waals surface area contributed by atoms with Crippen molar-refractivity contribution in [2.75, 3.05) is 25.0 Å². The van der Waals surface area contributed by atoms with E-state index >= 15 is 0 Å². The first kappa shape index (κ1) is 23.9. The number of anilines is 1. The van der Waals surface area contributed by atoms with Gasteiger partial charge in [0.05, 0.1) is 23.5 Å². The van der Waals surface area contributed by atoms with E-state index in [0.717, 1.165) is 24.0 Å². The average molecular weight is 459 g/mol. The molecule has 172 valence electrons. The van der Waals surface area contributed by atoms with Crippen molar-refractivity contribution in [1.82, 2.24) is 4.31 Å². The molecular weight excluding hydrogens is 428 g/mol. The minimum absolute atomic E-state index is 0.171. The van der Waals surface area contributed by atoms with Crippen molar-refractivity contribution in [2.24, 2.45) is 0 Å². The van der Waals surface area contributed by atoms with Gasteiger partial charge in [-0.3, -0.25) is 9.59 Å². The van der Waals surface area contributed by atoms with E-state index in [1.807, 2.05) is 25.1 Å². The lowest BCUT2D eigenvalue weighted by atomic mass is 9.96. The maximum absolute atomic E-state index is 13.1. The highest BCUT2D eigenvalue weighted by molar-refractivity contribution is 7.89. The quantitative estimate of drug-likeness (QED) is 0.580. The lowest BCUT2D eigenvalue weighted by molar-refractivity contribution is -0.146. The molecule has 1 amide bonds. The Kier molecular flexibility index (Phi) is 7.05. The minimum Gasteiger partial charge on any atom is -0.465 e. The largest absolute Gasteiger partial charge is 0.465 e. The number of likely N-dealkylation sites (N-methyl/N-ethyl adjacent to an activating group) is 1. The predicted octanol–water partition coefficient (Wildman–Crippen LogP) is 3.55. The maximum atomic E-state index is 13.1. The molecule has 1 fully saturated rings. The highest BCUT2D eigenvalue weighted by Crippen LogP contribution is 2.49. The highest BCUT2D eigenvalue weighted by atomic mass is 32.2. The molecule has 1 N–H and O–H groups in total. The van der Waals surface area contributed by atoms with Crippen LogP contribution in [0.25, 0.3) is 0 Å². The normalized spacial score (nSPS) is 14.8. The van der Waals surface area contributed by atoms with Gasteiger partial charge in [-0.15, -0.1) is 0 Å². The van der Waals surface area contributed by atoms with Gasteiger partial charge in [-0.1, -0.05) is 31.2 Å². The third-order valence-corrected chi connectivity index (χ3v) is 7.83. The first-order valence-corrected chi connectivity index (χ1v) is 12.2. The van der Waals surface area contributed by atoms with Gasteiger partial charge in [0.2, 0.25) is 15.9 Å². The molecule has 0 atom stereocenters. The number of benzene rings is 2. The van der Waals surface area contributed by atoms with Crippen molar-refractivity contribution in [2.45, 2.75) is 50.8 Å². The number of nitrogens with zero attached hydrogens (tertiary/aromatic N) is 1. The standard InChI is InChI=1S/C24H30N2O5S/c1-5-26(32(29,30)21-15-17(3)7-8-18(21)4)16-22(27)25-20-11-9-19(10-12-20)24(13-14-24)23(28)31-6-2/h7-12,15H,5-6,13-14,16H2,1-4H3,(H,25,27). The van der Waals surface area contributed by atoms with E-state index < -0.39 is 21.3 Å². The van der Waals surface area contributed by atoms with E-state index in [1.165, 1.54) is 4.31 Å². The fourth-order valence-corrected chi connectivity index (χ4v) is 5.44. The maximum Gasteiger partial charge on any atom is 0.316 e. The zero-order chi connectivity index (χ0) is 23.5. The first-order valence-electron chi connectivity index (χ1n) is 10.8. The molecule has 2 aromatic rings. The Morgan fingerprint density at radius 2 is 1.72 bits per heavy atom. The average Bonchev–Trinajstić information content (AvgIpc) is 3.56. The number of carbonyl (C=O) groups excluding carboxylic acids is 2. The number of hydrogen-bond acceptors (Lipinski definition) is 5. The van der Waals surface area contributed by atoms with Gasteiger partial charge < -0.3 is 10.1 Å². The summed E-state index contributed by atoms with van der Waals surface area (Å²) in [6.07, 6.45) is 1.50. The second-order valence-corrected chi connectivity index (χ2v) is 10.0. The van der Waals surface area contributed by atoms with Gasteiger partial charge in [-0.05, 0) is 68.5 Å². The SMILES string of the molecule is CCOC(=O)C1(c2ccc(NC(=O)CN(CC)S(=O)(=O)c3cc(C)ccc3C)cc2)CC1. The molecule has 0 bridgehead atoms. The molecule has 0 saturated heterocycles. The van der Waals surface area contributed by atoms with Gasteiger partial charge in [0, 0.05) is 12.2 Å². The summed E-state index contributed by atoms with van der Waals surface area (Å²) < 4.78 is 32.6. The lowest BCUT2D eigenvalue weighted by Gasteiger charge is -2.21. The third-order valence-electron chi connectivity index (χ3n) is 5.77. The fraction of sp³-hybridized carbons (Fsp3) is 0.417. The molecular formula is C24H30N2O5S. The molecule has 0 unspecified atom stereocenters. The monoisotopic (exact) mass is 458 g/mol. The Hall–Kier alpha value is -2.71. The Bertz CT molecular complexity index is 1110. The fourth-order valence-electron chi connectivity index (χ4n) is 3.73. The number of nitrogens with one attached hydrogen (secondary N) is 1. The molecule has 1 aliphatic carbocycles. The summed E-state index contributed by atoms with van der Waals surface area (Å²) in [5, 5.41) is 2.75. The van der Waals surface area contributed by atoms with Crippen LogP contribution >= 0.6 is 0 Å². The van der Waals surface area contributed by atoms with E-state index in [9.17, 15) is 18.0 Å². The number of carbonyl (C=O) groups is 2. The van der Waals surface area contributed by atoms with E-state index in [4.69, 9.17) is 4.74 Å². The van der Waals surface area contributed by atoms with Gasteiger partial charge >= 0.3 is 5.97 Å². The van der Waals surface area contributed by atoms with E-state index in [-0.39, 0.29) is 24.0 Å². The molecule has 1 saturated carbocycles. The van der Waals surface area contributed by atoms with Crippen LogP contribution in [0.4, 0.5) is 5.69 Å². The smallest absolute Gasteiger partial charge is 0.316 e. The van der Waals surface area contributed by atoms with Crippen LogP contribution in [0.3, 0.4) is 0 Å². The van der Waals surface area contributed by atoms with Gasteiger partial charge in [-0.25, -0.2) is 8.42 Å². The highest BCUT2D eigenvalue weighted by Gasteiger charge is 2.52. The summed E-state index contributed by atoms with van der Waals surface area (Å²) in [6.45, 7) is 7.28. The van der Waals surface area contributed by atoms with Crippen molar-refractivity contribution in [1.29, 1.82) is 0 Å². The van der Waals surface area contributed by atoms with Crippen molar-refractivity contribution >= 4 is 27.6 Å². The topological polar surface area (TPSA) is 92.8 Å². The second-order valence-electron chi connectivity index (χ2n) is 8.13. The van der Waals surface area contributed by atoms with Crippen molar-refractivity contribution < 1.29 is 22.7 Å². The van der Waals surface area contributed by atoms with Crippen molar-refractivity contribution in [3.8, 4) is 0 Å². The zero-order valence-electron chi connectivity index (χ0n) is 19.0. The first-order chi connectivity index (χ1) is 15.1. The molecule has 2 aromatic carbocycles. The van der Waals surface area contributed by atoms with Crippen molar-refractivity contribution in [3.63, 3.8) is 0 Å². The van der Waals surface area contributed by atoms with Gasteiger partial charge in [0.15, 0.2) is 0 Å². The van der Waals surface area contributed by atoms with Gasteiger partial charge in [0.25, 0.3) is 0 Å². The molecule has 3 rings (SSSR count). The Morgan fingerprint density at radius 1 is 1.06 bits per heavy atom. The molecule has 32 heavy (non-hydrogen) atoms. The molecule has 0 aromatic heterocycles. The summed E-state index contributed by atoms with van der Waals surface area (Å²) in [6, 6.07) is 12.3. The number of esters is 1. The molecule has 1 aliphatic rings. The van der Waals surface area contributed by atoms with Crippen LogP contribution in [0.1, 0.15) is 43.4 Å². The molecule has 0 radical (unpaired) electrons. The van der Waals surface area contributed by atoms with Gasteiger partial charge in [-0.2, -0.15) is 4.31 Å². The molecule has 0 aliphatic heterocycles. The van der Waals surface area contributed by atoms with Crippen LogP contribution < -0.4 is 5.32 Å². The molecule has 0 spiro atoms. The second kappa shape index (κ2) is 9.42. The van der Waals surface area contributed by atoms with Crippen LogP contribution in [0, 0.1) is 13.8 Å². The lowest BCUT2D eigenvalue weighted by Crippen LogP contribution is -2.38. The van der Waals surface area contributed by atoms with Crippen LogP contribution in [-0.2, 0) is 29.8 Å². The molecule has 7 nitrogen and oxygen atoms in total. The summed E-state index contributed by atoms with van der Waals surface area (Å²) in [7, 11) is -3.80. The minimum atomic E-state index is -3.80. The summed E-state index contributed by atoms with van der Waals surface area (Å²) in [5.74, 6) is -0.646. The van der Waals surface area contributed by atoms with Crippen LogP contribution in [0.5, 0.6) is 0 Å². The van der Waals surface area contributed by atoms with Crippen LogP contribution in [0.2, 0.25) is 0 Å². The predicted molar refractivity (Wildman–Crippen MR) is 123 cm³/mol. The van der Waals surface area contributed by atoms with Gasteiger partial charge in [0.1, 0.15) is 0 Å². The number of amides is 1. The van der Waals surface area contributed by atoms with Crippen molar-refractivity contribution in [3.05, 3.63) is 59.2 Å². The number of hydrogen-bond donors (Lipinski definition) is 1. The Balaban J connectivity index is 1.69. The third kappa shape index (κ3) is 4.86. The summed E-state index contributed by atoms with van der Waals surface area (Å²) >= 11 is 0. The Morgan fingerprint density at radius 3 is 2.28 bits per heavy atom. The zero-order valence-corrected chi connectivity index (χ0v) is 19.8. The number of ether oxygens (including phenoxy) is 1. The number of sulfonamides is 1. The summed E-state index contributed by atoms with van der Waals surface area (Å²) in [5.41, 5.74) is 2.31. The van der Waals surface area contributed by atoms with E-state index in [2.05, 4.69) is 5.32 Å². The molecule has 0 heterocycles. The van der Waals surface area contributed by atoms with Crippen LogP contribution in [0.15, 0.2) is 47.4 Å². The van der Waals surface area contributed by atoms with E-state index in [0.29, 0.717) is 17.9 Å². The number of aryl methyl sites for hydroxylation is 2. The Labute approximate surface area is 189 Å². The number of rotatable bonds is 9. The van der Waals surface area contributed by atoms with E-state index in [1.54, 1.807) is 45.0 Å². The van der Waals surface area contributed by atoms with Crippen LogP contribution in [-0.4, -0.2) is 44.3 Å².